The van der Waals surface area contributed by atoms with Gasteiger partial charge < -0.3 is 10.6 Å². The van der Waals surface area contributed by atoms with Crippen LogP contribution in [0, 0.1) is 5.82 Å². The van der Waals surface area contributed by atoms with E-state index in [-0.39, 0.29) is 11.9 Å². The van der Waals surface area contributed by atoms with E-state index in [4.69, 9.17) is 5.73 Å². The Balaban J connectivity index is 1.95. The van der Waals surface area contributed by atoms with Crippen LogP contribution in [0.15, 0.2) is 24.3 Å². The van der Waals surface area contributed by atoms with Crippen LogP contribution >= 0.6 is 0 Å². The summed E-state index contributed by atoms with van der Waals surface area (Å²) in [6, 6.07) is 7.15. The number of hydrogen-bond acceptors (Lipinski definition) is 3. The Labute approximate surface area is 115 Å². The van der Waals surface area contributed by atoms with Crippen molar-refractivity contribution < 1.29 is 4.39 Å². The molecule has 1 aliphatic rings. The summed E-state index contributed by atoms with van der Waals surface area (Å²) in [7, 11) is 4.23. The minimum absolute atomic E-state index is 0.198. The zero-order chi connectivity index (χ0) is 13.8. The van der Waals surface area contributed by atoms with Crippen LogP contribution in [0.1, 0.15) is 24.4 Å². The van der Waals surface area contributed by atoms with E-state index in [0.717, 1.165) is 19.6 Å². The Morgan fingerprint density at radius 2 is 2.16 bits per heavy atom. The maximum absolute atomic E-state index is 13.7. The highest BCUT2D eigenvalue weighted by molar-refractivity contribution is 5.21. The standard InChI is InChI=1S/C15H24FN3/c1-18(2)12-6-5-9-19(10-12)11-15(17)13-7-3-4-8-14(13)16/h3-4,7-8,12,15H,5-6,9-11,17H2,1-2H3. The second-order valence-corrected chi connectivity index (χ2v) is 5.65. The predicted molar refractivity (Wildman–Crippen MR) is 76.5 cm³/mol. The van der Waals surface area contributed by atoms with Gasteiger partial charge in [-0.15, -0.1) is 0 Å². The molecule has 106 valence electrons. The van der Waals surface area contributed by atoms with E-state index in [1.54, 1.807) is 12.1 Å². The van der Waals surface area contributed by atoms with E-state index in [1.807, 2.05) is 6.07 Å². The maximum Gasteiger partial charge on any atom is 0.128 e. The van der Waals surface area contributed by atoms with Crippen LogP contribution in [0.4, 0.5) is 4.39 Å². The van der Waals surface area contributed by atoms with Crippen molar-refractivity contribution in [1.82, 2.24) is 9.80 Å². The molecule has 1 aromatic rings. The first kappa shape index (κ1) is 14.4. The molecule has 2 atom stereocenters. The average molecular weight is 265 g/mol. The molecule has 1 aromatic carbocycles. The first-order chi connectivity index (χ1) is 9.08. The van der Waals surface area contributed by atoms with Gasteiger partial charge >= 0.3 is 0 Å². The molecule has 2 unspecified atom stereocenters. The van der Waals surface area contributed by atoms with Crippen molar-refractivity contribution in [1.29, 1.82) is 0 Å². The van der Waals surface area contributed by atoms with E-state index >= 15 is 0 Å². The molecule has 0 saturated carbocycles. The fourth-order valence-corrected chi connectivity index (χ4v) is 2.77. The zero-order valence-electron chi connectivity index (χ0n) is 11.8. The minimum Gasteiger partial charge on any atom is -0.323 e. The summed E-state index contributed by atoms with van der Waals surface area (Å²) in [5.41, 5.74) is 6.77. The lowest BCUT2D eigenvalue weighted by Crippen LogP contribution is -2.47. The summed E-state index contributed by atoms with van der Waals surface area (Å²) in [5, 5.41) is 0. The number of nitrogens with zero attached hydrogens (tertiary/aromatic N) is 2. The molecule has 3 nitrogen and oxygen atoms in total. The number of nitrogens with two attached hydrogens (primary N) is 1. The number of piperidine rings is 1. The van der Waals surface area contributed by atoms with Crippen molar-refractivity contribution in [2.75, 3.05) is 33.7 Å². The summed E-state index contributed by atoms with van der Waals surface area (Å²) in [6.45, 7) is 2.81. The molecule has 1 saturated heterocycles. The third-order valence-electron chi connectivity index (χ3n) is 3.97. The van der Waals surface area contributed by atoms with E-state index in [2.05, 4.69) is 23.9 Å². The smallest absolute Gasteiger partial charge is 0.128 e. The fourth-order valence-electron chi connectivity index (χ4n) is 2.77. The third-order valence-corrected chi connectivity index (χ3v) is 3.97. The quantitative estimate of drug-likeness (QED) is 0.902. The zero-order valence-corrected chi connectivity index (χ0v) is 11.8. The highest BCUT2D eigenvalue weighted by Gasteiger charge is 2.23. The highest BCUT2D eigenvalue weighted by atomic mass is 19.1. The van der Waals surface area contributed by atoms with Crippen molar-refractivity contribution in [2.45, 2.75) is 24.9 Å². The van der Waals surface area contributed by atoms with Gasteiger partial charge in [-0.2, -0.15) is 0 Å². The maximum atomic E-state index is 13.7. The number of hydrogen-bond donors (Lipinski definition) is 1. The van der Waals surface area contributed by atoms with Gasteiger partial charge in [0.15, 0.2) is 0 Å². The van der Waals surface area contributed by atoms with Crippen LogP contribution in [0.3, 0.4) is 0 Å². The minimum atomic E-state index is -0.248. The summed E-state index contributed by atoms with van der Waals surface area (Å²) in [4.78, 5) is 4.62. The lowest BCUT2D eigenvalue weighted by Gasteiger charge is -2.37. The Morgan fingerprint density at radius 1 is 1.42 bits per heavy atom. The van der Waals surface area contributed by atoms with Crippen LogP contribution in [0.2, 0.25) is 0 Å². The molecule has 19 heavy (non-hydrogen) atoms. The first-order valence-corrected chi connectivity index (χ1v) is 6.96. The fraction of sp³-hybridized carbons (Fsp3) is 0.600. The average Bonchev–Trinajstić information content (AvgIpc) is 2.39. The number of likely N-dealkylation sites (tertiary alicyclic amines) is 1. The van der Waals surface area contributed by atoms with E-state index in [1.165, 1.54) is 18.9 Å². The molecule has 2 rings (SSSR count). The van der Waals surface area contributed by atoms with Crippen molar-refractivity contribution in [3.05, 3.63) is 35.6 Å². The second-order valence-electron chi connectivity index (χ2n) is 5.65. The first-order valence-electron chi connectivity index (χ1n) is 6.96. The van der Waals surface area contributed by atoms with E-state index in [0.29, 0.717) is 11.6 Å². The number of likely N-dealkylation sites (N-methyl/N-ethyl adjacent to an activating group) is 1. The van der Waals surface area contributed by atoms with Gasteiger partial charge in [0.2, 0.25) is 0 Å². The third kappa shape index (κ3) is 3.75. The number of rotatable bonds is 4. The van der Waals surface area contributed by atoms with Gasteiger partial charge in [0.25, 0.3) is 0 Å². The molecule has 0 bridgehead atoms. The van der Waals surface area contributed by atoms with Gasteiger partial charge in [-0.25, -0.2) is 4.39 Å². The van der Waals surface area contributed by atoms with Crippen LogP contribution in [0.5, 0.6) is 0 Å². The number of benzene rings is 1. The SMILES string of the molecule is CN(C)C1CCCN(CC(N)c2ccccc2F)C1. The topological polar surface area (TPSA) is 32.5 Å². The molecule has 0 aliphatic carbocycles. The highest BCUT2D eigenvalue weighted by Crippen LogP contribution is 2.19. The van der Waals surface area contributed by atoms with Gasteiger partial charge in [0, 0.05) is 30.7 Å². The summed E-state index contributed by atoms with van der Waals surface area (Å²) in [6.07, 6.45) is 2.42. The Morgan fingerprint density at radius 3 is 2.84 bits per heavy atom. The van der Waals surface area contributed by atoms with Crippen molar-refractivity contribution >= 4 is 0 Å². The molecule has 0 amide bonds. The van der Waals surface area contributed by atoms with Gasteiger partial charge in [-0.1, -0.05) is 18.2 Å². The molecule has 0 spiro atoms. The van der Waals surface area contributed by atoms with Crippen LogP contribution in [-0.4, -0.2) is 49.6 Å². The summed E-state index contributed by atoms with van der Waals surface area (Å²) < 4.78 is 13.7. The molecule has 1 fully saturated rings. The van der Waals surface area contributed by atoms with Crippen LogP contribution in [0.25, 0.3) is 0 Å². The van der Waals surface area contributed by atoms with E-state index in [9.17, 15) is 4.39 Å². The van der Waals surface area contributed by atoms with Crippen molar-refractivity contribution in [3.8, 4) is 0 Å². The number of halogens is 1. The summed E-state index contributed by atoms with van der Waals surface area (Å²) >= 11 is 0. The monoisotopic (exact) mass is 265 g/mol. The molecule has 4 heteroatoms. The Bertz CT molecular complexity index is 408. The normalized spacial score (nSPS) is 22.7. The molecular weight excluding hydrogens is 241 g/mol. The van der Waals surface area contributed by atoms with Gasteiger partial charge in [0.1, 0.15) is 5.82 Å². The Kier molecular flexibility index (Phi) is 4.91. The summed E-state index contributed by atoms with van der Waals surface area (Å²) in [5.74, 6) is -0.198. The van der Waals surface area contributed by atoms with Gasteiger partial charge in [-0.3, -0.25) is 4.90 Å². The molecule has 2 N–H and O–H groups in total. The molecular formula is C15H24FN3. The second kappa shape index (κ2) is 6.46. The van der Waals surface area contributed by atoms with Crippen LogP contribution in [-0.2, 0) is 0 Å². The predicted octanol–water partition coefficient (Wildman–Crippen LogP) is 1.85. The molecule has 1 heterocycles. The molecule has 1 aliphatic heterocycles. The van der Waals surface area contributed by atoms with E-state index < -0.39 is 0 Å². The lowest BCUT2D eigenvalue weighted by atomic mass is 10.0. The molecule has 0 radical (unpaired) electrons. The largest absolute Gasteiger partial charge is 0.323 e. The Hall–Kier alpha value is -0.970. The lowest BCUT2D eigenvalue weighted by molar-refractivity contribution is 0.127. The van der Waals surface area contributed by atoms with Gasteiger partial charge in [-0.05, 0) is 39.5 Å². The van der Waals surface area contributed by atoms with Crippen molar-refractivity contribution in [3.63, 3.8) is 0 Å². The van der Waals surface area contributed by atoms with Gasteiger partial charge in [0.05, 0.1) is 0 Å². The van der Waals surface area contributed by atoms with Crippen molar-refractivity contribution in [2.24, 2.45) is 5.73 Å². The molecule has 0 aromatic heterocycles. The van der Waals surface area contributed by atoms with Crippen LogP contribution < -0.4 is 5.73 Å².